The van der Waals surface area contributed by atoms with E-state index in [-0.39, 0.29) is 5.78 Å². The normalized spacial score (nSPS) is 11.5. The summed E-state index contributed by atoms with van der Waals surface area (Å²) in [6.07, 6.45) is 1.77. The Balaban J connectivity index is 2.36. The second-order valence-electron chi connectivity index (χ2n) is 4.95. The van der Waals surface area contributed by atoms with Gasteiger partial charge in [-0.05, 0) is 37.6 Å². The van der Waals surface area contributed by atoms with Gasteiger partial charge in [-0.3, -0.25) is 9.48 Å². The minimum Gasteiger partial charge on any atom is -0.399 e. The summed E-state index contributed by atoms with van der Waals surface area (Å²) < 4.78 is 1.63. The average molecular weight is 243 g/mol. The molecule has 4 nitrogen and oxygen atoms in total. The number of carbonyl (C=O) groups is 1. The Labute approximate surface area is 106 Å². The van der Waals surface area contributed by atoms with Crippen LogP contribution >= 0.6 is 0 Å². The number of rotatable bonds is 3. The highest BCUT2D eigenvalue weighted by Gasteiger charge is 2.31. The number of aryl methyl sites for hydroxylation is 1. The maximum atomic E-state index is 12.5. The highest BCUT2D eigenvalue weighted by atomic mass is 16.1. The summed E-state index contributed by atoms with van der Waals surface area (Å²) >= 11 is 0. The van der Waals surface area contributed by atoms with E-state index in [9.17, 15) is 4.79 Å². The molecule has 1 aromatic heterocycles. The summed E-state index contributed by atoms with van der Waals surface area (Å²) in [7, 11) is 1.80. The van der Waals surface area contributed by atoms with Gasteiger partial charge in [-0.25, -0.2) is 0 Å². The molecule has 0 bridgehead atoms. The minimum absolute atomic E-state index is 0.00729. The fraction of sp³-hybridized carbons (Fsp3) is 0.286. The van der Waals surface area contributed by atoms with E-state index in [0.717, 1.165) is 5.56 Å². The first-order valence-electron chi connectivity index (χ1n) is 5.82. The lowest BCUT2D eigenvalue weighted by Crippen LogP contribution is -2.29. The molecule has 0 amide bonds. The van der Waals surface area contributed by atoms with Gasteiger partial charge in [-0.15, -0.1) is 0 Å². The monoisotopic (exact) mass is 243 g/mol. The van der Waals surface area contributed by atoms with Gasteiger partial charge in [0.25, 0.3) is 0 Å². The SMILES string of the molecule is Cn1ccc(C(=O)C(C)(C)c2ccc(N)cc2)n1. The number of benzene rings is 1. The van der Waals surface area contributed by atoms with Crippen LogP contribution in [0.3, 0.4) is 0 Å². The number of anilines is 1. The smallest absolute Gasteiger partial charge is 0.192 e. The maximum Gasteiger partial charge on any atom is 0.192 e. The molecule has 0 saturated carbocycles. The van der Waals surface area contributed by atoms with E-state index in [1.54, 1.807) is 24.0 Å². The zero-order valence-electron chi connectivity index (χ0n) is 10.8. The van der Waals surface area contributed by atoms with Crippen molar-refractivity contribution in [2.24, 2.45) is 7.05 Å². The Morgan fingerprint density at radius 1 is 1.22 bits per heavy atom. The van der Waals surface area contributed by atoms with Crippen LogP contribution in [0.4, 0.5) is 5.69 Å². The fourth-order valence-corrected chi connectivity index (χ4v) is 1.89. The molecule has 18 heavy (non-hydrogen) atoms. The fourth-order valence-electron chi connectivity index (χ4n) is 1.89. The average Bonchev–Trinajstić information content (AvgIpc) is 2.75. The highest BCUT2D eigenvalue weighted by molar-refractivity contribution is 6.02. The first-order chi connectivity index (χ1) is 8.41. The third-order valence-corrected chi connectivity index (χ3v) is 3.15. The van der Waals surface area contributed by atoms with Gasteiger partial charge in [0.2, 0.25) is 0 Å². The number of carbonyl (C=O) groups excluding carboxylic acids is 1. The summed E-state index contributed by atoms with van der Waals surface area (Å²) in [5, 5.41) is 4.16. The van der Waals surface area contributed by atoms with Crippen molar-refractivity contribution in [2.45, 2.75) is 19.3 Å². The third kappa shape index (κ3) is 2.14. The summed E-state index contributed by atoms with van der Waals surface area (Å²) in [6, 6.07) is 9.12. The number of nitrogens with two attached hydrogens (primary N) is 1. The molecule has 0 fully saturated rings. The van der Waals surface area contributed by atoms with Gasteiger partial charge in [-0.1, -0.05) is 12.1 Å². The van der Waals surface area contributed by atoms with E-state index in [4.69, 9.17) is 5.73 Å². The Morgan fingerprint density at radius 2 is 1.83 bits per heavy atom. The van der Waals surface area contributed by atoms with E-state index in [1.807, 2.05) is 38.1 Å². The molecule has 0 atom stereocenters. The van der Waals surface area contributed by atoms with Crippen molar-refractivity contribution in [3.63, 3.8) is 0 Å². The van der Waals surface area contributed by atoms with E-state index in [1.165, 1.54) is 0 Å². The Hall–Kier alpha value is -2.10. The summed E-state index contributed by atoms with van der Waals surface area (Å²) in [5.41, 5.74) is 7.17. The van der Waals surface area contributed by atoms with Crippen LogP contribution in [0.25, 0.3) is 0 Å². The molecule has 4 heteroatoms. The first-order valence-corrected chi connectivity index (χ1v) is 5.82. The molecule has 94 valence electrons. The Bertz CT molecular complexity index is 567. The predicted molar refractivity (Wildman–Crippen MR) is 71.4 cm³/mol. The van der Waals surface area contributed by atoms with Gasteiger partial charge in [0.1, 0.15) is 5.69 Å². The second-order valence-corrected chi connectivity index (χ2v) is 4.95. The van der Waals surface area contributed by atoms with Crippen molar-refractivity contribution in [1.82, 2.24) is 9.78 Å². The van der Waals surface area contributed by atoms with Crippen LogP contribution in [0.2, 0.25) is 0 Å². The van der Waals surface area contributed by atoms with Crippen molar-refractivity contribution < 1.29 is 4.79 Å². The van der Waals surface area contributed by atoms with Crippen molar-refractivity contribution in [3.8, 4) is 0 Å². The number of nitrogens with zero attached hydrogens (tertiary/aromatic N) is 2. The number of aromatic nitrogens is 2. The van der Waals surface area contributed by atoms with Crippen molar-refractivity contribution in [1.29, 1.82) is 0 Å². The van der Waals surface area contributed by atoms with Crippen LogP contribution < -0.4 is 5.73 Å². The number of hydrogen-bond acceptors (Lipinski definition) is 3. The zero-order valence-corrected chi connectivity index (χ0v) is 10.8. The molecule has 0 saturated heterocycles. The van der Waals surface area contributed by atoms with Crippen LogP contribution in [0.15, 0.2) is 36.5 Å². The molecule has 0 aliphatic carbocycles. The largest absolute Gasteiger partial charge is 0.399 e. The van der Waals surface area contributed by atoms with E-state index >= 15 is 0 Å². The van der Waals surface area contributed by atoms with Gasteiger partial charge in [-0.2, -0.15) is 5.10 Å². The lowest BCUT2D eigenvalue weighted by atomic mass is 9.79. The topological polar surface area (TPSA) is 60.9 Å². The molecule has 0 unspecified atom stereocenters. The van der Waals surface area contributed by atoms with Gasteiger partial charge >= 0.3 is 0 Å². The number of Topliss-reactive ketones (excluding diaryl/α,β-unsaturated/α-hetero) is 1. The van der Waals surface area contributed by atoms with E-state index < -0.39 is 5.41 Å². The van der Waals surface area contributed by atoms with Crippen LogP contribution in [-0.2, 0) is 12.5 Å². The Morgan fingerprint density at radius 3 is 2.33 bits per heavy atom. The maximum absolute atomic E-state index is 12.5. The molecule has 1 heterocycles. The molecule has 0 spiro atoms. The molecular formula is C14H17N3O. The Kier molecular flexibility index (Phi) is 2.95. The second kappa shape index (κ2) is 4.29. The summed E-state index contributed by atoms with van der Waals surface area (Å²) in [4.78, 5) is 12.5. The third-order valence-electron chi connectivity index (χ3n) is 3.15. The predicted octanol–water partition coefficient (Wildman–Crippen LogP) is 2.16. The van der Waals surface area contributed by atoms with Crippen LogP contribution in [0.5, 0.6) is 0 Å². The van der Waals surface area contributed by atoms with Crippen molar-refractivity contribution in [3.05, 3.63) is 47.8 Å². The molecular weight excluding hydrogens is 226 g/mol. The van der Waals surface area contributed by atoms with Gasteiger partial charge < -0.3 is 5.73 Å². The zero-order chi connectivity index (χ0) is 13.3. The van der Waals surface area contributed by atoms with Crippen molar-refractivity contribution in [2.75, 3.05) is 5.73 Å². The molecule has 0 radical (unpaired) electrons. The van der Waals surface area contributed by atoms with Crippen LogP contribution in [-0.4, -0.2) is 15.6 Å². The van der Waals surface area contributed by atoms with Crippen LogP contribution in [0, 0.1) is 0 Å². The molecule has 2 aromatic rings. The van der Waals surface area contributed by atoms with Gasteiger partial charge in [0, 0.05) is 18.9 Å². The van der Waals surface area contributed by atoms with Crippen molar-refractivity contribution >= 4 is 11.5 Å². The standard InChI is InChI=1S/C14H17N3O/c1-14(2,10-4-6-11(15)7-5-10)13(18)12-8-9-17(3)16-12/h4-9H,15H2,1-3H3. The first kappa shape index (κ1) is 12.4. The summed E-state index contributed by atoms with van der Waals surface area (Å²) in [6.45, 7) is 3.80. The number of hydrogen-bond donors (Lipinski definition) is 1. The molecule has 1 aromatic carbocycles. The minimum atomic E-state index is -0.609. The van der Waals surface area contributed by atoms with E-state index in [2.05, 4.69) is 5.10 Å². The lowest BCUT2D eigenvalue weighted by Gasteiger charge is -2.22. The lowest BCUT2D eigenvalue weighted by molar-refractivity contribution is 0.0903. The van der Waals surface area contributed by atoms with Gasteiger partial charge in [0.05, 0.1) is 5.41 Å². The molecule has 2 N–H and O–H groups in total. The number of ketones is 1. The molecule has 0 aliphatic rings. The highest BCUT2D eigenvalue weighted by Crippen LogP contribution is 2.27. The molecule has 0 aliphatic heterocycles. The quantitative estimate of drug-likeness (QED) is 0.663. The van der Waals surface area contributed by atoms with E-state index in [0.29, 0.717) is 11.4 Å². The van der Waals surface area contributed by atoms with Gasteiger partial charge in [0.15, 0.2) is 5.78 Å². The van der Waals surface area contributed by atoms with Crippen LogP contribution in [0.1, 0.15) is 29.9 Å². The number of nitrogen functional groups attached to an aromatic ring is 1. The molecule has 2 rings (SSSR count). The summed E-state index contributed by atoms with van der Waals surface area (Å²) in [5.74, 6) is 0.00729.